The molecule has 0 radical (unpaired) electrons. The van der Waals surface area contributed by atoms with Crippen molar-refractivity contribution in [2.24, 2.45) is 0 Å². The molecule has 0 spiro atoms. The number of rotatable bonds is 6. The Morgan fingerprint density at radius 3 is 3.00 bits per heavy atom. The summed E-state index contributed by atoms with van der Waals surface area (Å²) in [6.07, 6.45) is 4.05. The molecule has 1 N–H and O–H groups in total. The Bertz CT molecular complexity index is 337. The fourth-order valence-corrected chi connectivity index (χ4v) is 2.36. The van der Waals surface area contributed by atoms with Crippen LogP contribution in [0.1, 0.15) is 30.4 Å². The molecule has 1 aromatic carbocycles. The van der Waals surface area contributed by atoms with Crippen LogP contribution in [-0.4, -0.2) is 19.3 Å². The second-order valence-corrected chi connectivity index (χ2v) is 4.82. The summed E-state index contributed by atoms with van der Waals surface area (Å²) in [6.45, 7) is 2.88. The minimum absolute atomic E-state index is 0.483. The predicted octanol–water partition coefficient (Wildman–Crippen LogP) is 3.08. The van der Waals surface area contributed by atoms with E-state index in [0.29, 0.717) is 12.0 Å². The van der Waals surface area contributed by atoms with Gasteiger partial charge in [-0.3, -0.25) is 0 Å². The van der Waals surface area contributed by atoms with Crippen LogP contribution in [0.4, 0.5) is 0 Å². The van der Waals surface area contributed by atoms with Crippen LogP contribution in [0.2, 0.25) is 0 Å². The summed E-state index contributed by atoms with van der Waals surface area (Å²) in [5.41, 5.74) is 2.49. The summed E-state index contributed by atoms with van der Waals surface area (Å²) < 4.78 is 5.58. The highest BCUT2D eigenvalue weighted by Gasteiger charge is 2.14. The molecule has 1 aliphatic heterocycles. The van der Waals surface area contributed by atoms with E-state index in [1.807, 2.05) is 0 Å². The van der Waals surface area contributed by atoms with Crippen LogP contribution in [0, 0.1) is 0 Å². The molecule has 3 heteroatoms. The average molecular weight is 254 g/mol. The van der Waals surface area contributed by atoms with Crippen LogP contribution >= 0.6 is 11.6 Å². The van der Waals surface area contributed by atoms with Crippen molar-refractivity contribution >= 4 is 11.6 Å². The summed E-state index contributed by atoms with van der Waals surface area (Å²) in [5, 5.41) is 3.46. The van der Waals surface area contributed by atoms with Crippen molar-refractivity contribution in [2.45, 2.75) is 37.8 Å². The SMILES string of the molecule is ClCc1cccc(CNCCC2CCCO2)c1. The molecule has 94 valence electrons. The first-order valence-electron chi connectivity index (χ1n) is 6.34. The summed E-state index contributed by atoms with van der Waals surface area (Å²) in [6, 6.07) is 8.42. The molecule has 1 atom stereocenters. The predicted molar refractivity (Wildman–Crippen MR) is 71.3 cm³/mol. The highest BCUT2D eigenvalue weighted by Crippen LogP contribution is 2.14. The van der Waals surface area contributed by atoms with Gasteiger partial charge in [-0.05, 0) is 36.9 Å². The standard InChI is InChI=1S/C14H20ClNO/c15-10-12-3-1-4-13(9-12)11-16-7-6-14-5-2-8-17-14/h1,3-4,9,14,16H,2,5-8,10-11H2. The Balaban J connectivity index is 1.66. The van der Waals surface area contributed by atoms with E-state index in [4.69, 9.17) is 16.3 Å². The first kappa shape index (κ1) is 12.9. The Hall–Kier alpha value is -0.570. The number of nitrogens with one attached hydrogen (secondary N) is 1. The Labute approximate surface area is 108 Å². The minimum Gasteiger partial charge on any atom is -0.378 e. The van der Waals surface area contributed by atoms with E-state index in [1.54, 1.807) is 0 Å². The molecule has 1 aromatic rings. The maximum atomic E-state index is 5.81. The summed E-state index contributed by atoms with van der Waals surface area (Å²) in [7, 11) is 0. The molecular formula is C14H20ClNO. The number of ether oxygens (including phenoxy) is 1. The molecule has 1 unspecified atom stereocenters. The van der Waals surface area contributed by atoms with E-state index >= 15 is 0 Å². The number of alkyl halides is 1. The lowest BCUT2D eigenvalue weighted by atomic mass is 10.1. The maximum absolute atomic E-state index is 5.81. The van der Waals surface area contributed by atoms with Crippen LogP contribution in [0.5, 0.6) is 0 Å². The summed E-state index contributed by atoms with van der Waals surface area (Å²) in [4.78, 5) is 0. The molecular weight excluding hydrogens is 234 g/mol. The molecule has 0 saturated carbocycles. The van der Waals surface area contributed by atoms with Crippen molar-refractivity contribution in [2.75, 3.05) is 13.2 Å². The van der Waals surface area contributed by atoms with Crippen molar-refractivity contribution in [1.29, 1.82) is 0 Å². The van der Waals surface area contributed by atoms with Gasteiger partial charge in [-0.15, -0.1) is 11.6 Å². The highest BCUT2D eigenvalue weighted by atomic mass is 35.5. The zero-order valence-corrected chi connectivity index (χ0v) is 10.9. The van der Waals surface area contributed by atoms with Crippen molar-refractivity contribution in [1.82, 2.24) is 5.32 Å². The van der Waals surface area contributed by atoms with Crippen LogP contribution < -0.4 is 5.32 Å². The third-order valence-corrected chi connectivity index (χ3v) is 3.45. The zero-order valence-electron chi connectivity index (χ0n) is 10.1. The zero-order chi connectivity index (χ0) is 11.9. The van der Waals surface area contributed by atoms with Crippen molar-refractivity contribution in [3.05, 3.63) is 35.4 Å². The second kappa shape index (κ2) is 7.00. The first-order valence-corrected chi connectivity index (χ1v) is 6.88. The third-order valence-electron chi connectivity index (χ3n) is 3.14. The van der Waals surface area contributed by atoms with Gasteiger partial charge in [0.1, 0.15) is 0 Å². The molecule has 1 saturated heterocycles. The van der Waals surface area contributed by atoms with Gasteiger partial charge >= 0.3 is 0 Å². The van der Waals surface area contributed by atoms with Gasteiger partial charge in [0.2, 0.25) is 0 Å². The number of halogens is 1. The lowest BCUT2D eigenvalue weighted by Gasteiger charge is -2.10. The van der Waals surface area contributed by atoms with Gasteiger partial charge in [0.15, 0.2) is 0 Å². The van der Waals surface area contributed by atoms with E-state index in [2.05, 4.69) is 29.6 Å². The molecule has 17 heavy (non-hydrogen) atoms. The topological polar surface area (TPSA) is 21.3 Å². The van der Waals surface area contributed by atoms with Crippen molar-refractivity contribution in [3.8, 4) is 0 Å². The van der Waals surface area contributed by atoms with E-state index < -0.39 is 0 Å². The van der Waals surface area contributed by atoms with Crippen LogP contribution in [-0.2, 0) is 17.2 Å². The van der Waals surface area contributed by atoms with E-state index in [0.717, 1.165) is 26.1 Å². The second-order valence-electron chi connectivity index (χ2n) is 4.55. The third kappa shape index (κ3) is 4.30. The number of benzene rings is 1. The maximum Gasteiger partial charge on any atom is 0.0588 e. The van der Waals surface area contributed by atoms with Gasteiger partial charge in [-0.1, -0.05) is 24.3 Å². The quantitative estimate of drug-likeness (QED) is 0.622. The first-order chi connectivity index (χ1) is 8.38. The molecule has 1 fully saturated rings. The van der Waals surface area contributed by atoms with Gasteiger partial charge in [-0.2, -0.15) is 0 Å². The molecule has 0 aliphatic carbocycles. The molecule has 1 heterocycles. The monoisotopic (exact) mass is 253 g/mol. The molecule has 0 bridgehead atoms. The molecule has 1 aliphatic rings. The van der Waals surface area contributed by atoms with Crippen molar-refractivity contribution < 1.29 is 4.74 Å². The average Bonchev–Trinajstić information content (AvgIpc) is 2.88. The molecule has 2 nitrogen and oxygen atoms in total. The summed E-state index contributed by atoms with van der Waals surface area (Å²) >= 11 is 5.81. The van der Waals surface area contributed by atoms with E-state index in [1.165, 1.54) is 24.0 Å². The van der Waals surface area contributed by atoms with Gasteiger partial charge < -0.3 is 10.1 Å². The largest absolute Gasteiger partial charge is 0.378 e. The molecule has 0 amide bonds. The Morgan fingerprint density at radius 1 is 1.35 bits per heavy atom. The van der Waals surface area contributed by atoms with E-state index in [-0.39, 0.29) is 0 Å². The van der Waals surface area contributed by atoms with Gasteiger partial charge in [0.05, 0.1) is 6.10 Å². The molecule has 2 rings (SSSR count). The number of hydrogen-bond acceptors (Lipinski definition) is 2. The highest BCUT2D eigenvalue weighted by molar-refractivity contribution is 6.17. The van der Waals surface area contributed by atoms with Gasteiger partial charge in [0, 0.05) is 19.0 Å². The molecule has 0 aromatic heterocycles. The van der Waals surface area contributed by atoms with Crippen LogP contribution in [0.3, 0.4) is 0 Å². The van der Waals surface area contributed by atoms with Gasteiger partial charge in [-0.25, -0.2) is 0 Å². The van der Waals surface area contributed by atoms with Crippen LogP contribution in [0.15, 0.2) is 24.3 Å². The normalized spacial score (nSPS) is 19.7. The van der Waals surface area contributed by atoms with E-state index in [9.17, 15) is 0 Å². The minimum atomic E-state index is 0.483. The lowest BCUT2D eigenvalue weighted by molar-refractivity contribution is 0.104. The smallest absolute Gasteiger partial charge is 0.0588 e. The fourth-order valence-electron chi connectivity index (χ4n) is 2.19. The van der Waals surface area contributed by atoms with Crippen molar-refractivity contribution in [3.63, 3.8) is 0 Å². The number of hydrogen-bond donors (Lipinski definition) is 1. The Morgan fingerprint density at radius 2 is 2.24 bits per heavy atom. The Kier molecular flexibility index (Phi) is 5.30. The van der Waals surface area contributed by atoms with Gasteiger partial charge in [0.25, 0.3) is 0 Å². The summed E-state index contributed by atoms with van der Waals surface area (Å²) in [5.74, 6) is 0.587. The lowest BCUT2D eigenvalue weighted by Crippen LogP contribution is -2.19. The fraction of sp³-hybridized carbons (Fsp3) is 0.571. The van der Waals surface area contributed by atoms with Crippen LogP contribution in [0.25, 0.3) is 0 Å².